The van der Waals surface area contributed by atoms with Crippen molar-refractivity contribution >= 4 is 0 Å². The zero-order valence-corrected chi connectivity index (χ0v) is 8.35. The molecular formula is C10H16N2O2. The molecule has 4 heteroatoms. The molecule has 0 saturated heterocycles. The summed E-state index contributed by atoms with van der Waals surface area (Å²) < 4.78 is 10.7. The van der Waals surface area contributed by atoms with E-state index in [4.69, 9.17) is 15.2 Å². The first-order valence-electron chi connectivity index (χ1n) is 4.72. The van der Waals surface area contributed by atoms with Crippen molar-refractivity contribution in [3.05, 3.63) is 24.4 Å². The lowest BCUT2D eigenvalue weighted by Gasteiger charge is -2.15. The number of aromatic nitrogens is 1. The number of nitrogens with zero attached hydrogens (tertiary/aromatic N) is 1. The number of nitrogens with two attached hydrogens (primary N) is 1. The zero-order chi connectivity index (χ0) is 10.2. The van der Waals surface area contributed by atoms with Gasteiger partial charge in [0.1, 0.15) is 6.10 Å². The van der Waals surface area contributed by atoms with Gasteiger partial charge in [0.25, 0.3) is 0 Å². The van der Waals surface area contributed by atoms with Gasteiger partial charge < -0.3 is 15.2 Å². The van der Waals surface area contributed by atoms with Crippen molar-refractivity contribution in [2.45, 2.75) is 13.0 Å². The molecule has 0 spiro atoms. The van der Waals surface area contributed by atoms with Gasteiger partial charge in [0.15, 0.2) is 0 Å². The fourth-order valence-corrected chi connectivity index (χ4v) is 0.987. The fraction of sp³-hybridized carbons (Fsp3) is 0.500. The van der Waals surface area contributed by atoms with Gasteiger partial charge in [-0.3, -0.25) is 0 Å². The van der Waals surface area contributed by atoms with Crippen LogP contribution >= 0.6 is 0 Å². The second-order valence-corrected chi connectivity index (χ2v) is 2.80. The second-order valence-electron chi connectivity index (χ2n) is 2.80. The van der Waals surface area contributed by atoms with Crippen molar-refractivity contribution in [2.75, 3.05) is 19.8 Å². The summed E-state index contributed by atoms with van der Waals surface area (Å²) in [6.45, 7) is 3.54. The number of hydrogen-bond donors (Lipinski definition) is 1. The van der Waals surface area contributed by atoms with Crippen molar-refractivity contribution in [2.24, 2.45) is 5.73 Å². The van der Waals surface area contributed by atoms with E-state index in [2.05, 4.69) is 4.98 Å². The van der Waals surface area contributed by atoms with E-state index in [1.165, 1.54) is 0 Å². The SMILES string of the molecule is CCOC[C@H](CN)Oc1ccccn1. The van der Waals surface area contributed by atoms with E-state index in [0.717, 1.165) is 0 Å². The molecule has 78 valence electrons. The maximum Gasteiger partial charge on any atom is 0.213 e. The van der Waals surface area contributed by atoms with Gasteiger partial charge in [-0.05, 0) is 13.0 Å². The highest BCUT2D eigenvalue weighted by Gasteiger charge is 2.08. The Morgan fingerprint density at radius 1 is 1.50 bits per heavy atom. The Hall–Kier alpha value is -1.13. The Kier molecular flexibility index (Phi) is 4.96. The van der Waals surface area contributed by atoms with Crippen molar-refractivity contribution in [1.29, 1.82) is 0 Å². The lowest BCUT2D eigenvalue weighted by atomic mass is 10.4. The molecule has 0 fully saturated rings. The number of pyridine rings is 1. The van der Waals surface area contributed by atoms with Crippen LogP contribution in [0, 0.1) is 0 Å². The van der Waals surface area contributed by atoms with Gasteiger partial charge in [-0.2, -0.15) is 0 Å². The van der Waals surface area contributed by atoms with Crippen LogP contribution in [0.5, 0.6) is 5.88 Å². The Morgan fingerprint density at radius 2 is 2.36 bits per heavy atom. The minimum absolute atomic E-state index is 0.121. The van der Waals surface area contributed by atoms with E-state index in [9.17, 15) is 0 Å². The van der Waals surface area contributed by atoms with Crippen LogP contribution in [0.25, 0.3) is 0 Å². The van der Waals surface area contributed by atoms with E-state index < -0.39 is 0 Å². The molecule has 1 heterocycles. The van der Waals surface area contributed by atoms with Crippen molar-refractivity contribution in [3.8, 4) is 5.88 Å². The molecular weight excluding hydrogens is 180 g/mol. The van der Waals surface area contributed by atoms with E-state index in [0.29, 0.717) is 25.6 Å². The Bertz CT molecular complexity index is 241. The normalized spacial score (nSPS) is 12.4. The maximum atomic E-state index is 5.53. The highest BCUT2D eigenvalue weighted by Crippen LogP contribution is 2.06. The smallest absolute Gasteiger partial charge is 0.213 e. The Labute approximate surface area is 84.0 Å². The van der Waals surface area contributed by atoms with Gasteiger partial charge in [-0.25, -0.2) is 4.98 Å². The van der Waals surface area contributed by atoms with E-state index in [-0.39, 0.29) is 6.10 Å². The summed E-state index contributed by atoms with van der Waals surface area (Å²) in [5.41, 5.74) is 5.53. The van der Waals surface area contributed by atoms with Gasteiger partial charge in [0.2, 0.25) is 5.88 Å². The van der Waals surface area contributed by atoms with Crippen LogP contribution in [0.2, 0.25) is 0 Å². The molecule has 0 amide bonds. The summed E-state index contributed by atoms with van der Waals surface area (Å²) in [5, 5.41) is 0. The quantitative estimate of drug-likeness (QED) is 0.732. The number of ether oxygens (including phenoxy) is 2. The molecule has 1 atom stereocenters. The Balaban J connectivity index is 2.40. The van der Waals surface area contributed by atoms with Crippen LogP contribution in [-0.2, 0) is 4.74 Å². The van der Waals surface area contributed by atoms with Gasteiger partial charge in [0.05, 0.1) is 6.61 Å². The molecule has 14 heavy (non-hydrogen) atoms. The number of hydrogen-bond acceptors (Lipinski definition) is 4. The van der Waals surface area contributed by atoms with Crippen molar-refractivity contribution < 1.29 is 9.47 Å². The maximum absolute atomic E-state index is 5.53. The lowest BCUT2D eigenvalue weighted by Crippen LogP contribution is -2.31. The third kappa shape index (κ3) is 3.72. The minimum atomic E-state index is -0.121. The highest BCUT2D eigenvalue weighted by atomic mass is 16.5. The molecule has 1 aromatic rings. The third-order valence-electron chi connectivity index (χ3n) is 1.70. The molecule has 0 bridgehead atoms. The summed E-state index contributed by atoms with van der Waals surface area (Å²) >= 11 is 0. The summed E-state index contributed by atoms with van der Waals surface area (Å²) in [6, 6.07) is 5.51. The summed E-state index contributed by atoms with van der Waals surface area (Å²) in [7, 11) is 0. The number of rotatable bonds is 6. The van der Waals surface area contributed by atoms with E-state index in [1.54, 1.807) is 12.3 Å². The molecule has 0 unspecified atom stereocenters. The fourth-order valence-electron chi connectivity index (χ4n) is 0.987. The molecule has 0 aliphatic carbocycles. The van der Waals surface area contributed by atoms with Crippen LogP contribution in [0.15, 0.2) is 24.4 Å². The molecule has 0 aliphatic rings. The molecule has 0 aliphatic heterocycles. The second kappa shape index (κ2) is 6.34. The average molecular weight is 196 g/mol. The predicted octanol–water partition coefficient (Wildman–Crippen LogP) is 0.824. The first-order valence-corrected chi connectivity index (χ1v) is 4.72. The predicted molar refractivity (Wildman–Crippen MR) is 54.2 cm³/mol. The summed E-state index contributed by atoms with van der Waals surface area (Å²) in [5.74, 6) is 0.586. The molecule has 0 aromatic carbocycles. The monoisotopic (exact) mass is 196 g/mol. The van der Waals surface area contributed by atoms with Gasteiger partial charge >= 0.3 is 0 Å². The van der Waals surface area contributed by atoms with Crippen molar-refractivity contribution in [3.63, 3.8) is 0 Å². The van der Waals surface area contributed by atoms with E-state index in [1.807, 2.05) is 19.1 Å². The van der Waals surface area contributed by atoms with Crippen LogP contribution in [0.1, 0.15) is 6.92 Å². The van der Waals surface area contributed by atoms with Gasteiger partial charge in [-0.15, -0.1) is 0 Å². The molecule has 1 aromatic heterocycles. The molecule has 0 radical (unpaired) electrons. The highest BCUT2D eigenvalue weighted by molar-refractivity contribution is 5.09. The van der Waals surface area contributed by atoms with Crippen LogP contribution in [0.3, 0.4) is 0 Å². The Morgan fingerprint density at radius 3 is 2.93 bits per heavy atom. The van der Waals surface area contributed by atoms with Crippen LogP contribution in [0.4, 0.5) is 0 Å². The minimum Gasteiger partial charge on any atom is -0.471 e. The first-order chi connectivity index (χ1) is 6.86. The lowest BCUT2D eigenvalue weighted by molar-refractivity contribution is 0.0584. The van der Waals surface area contributed by atoms with E-state index >= 15 is 0 Å². The zero-order valence-electron chi connectivity index (χ0n) is 8.35. The topological polar surface area (TPSA) is 57.4 Å². The van der Waals surface area contributed by atoms with Crippen molar-refractivity contribution in [1.82, 2.24) is 4.98 Å². The summed E-state index contributed by atoms with van der Waals surface area (Å²) in [6.07, 6.45) is 1.56. The van der Waals surface area contributed by atoms with Crippen LogP contribution < -0.4 is 10.5 Å². The third-order valence-corrected chi connectivity index (χ3v) is 1.70. The largest absolute Gasteiger partial charge is 0.471 e. The van der Waals surface area contributed by atoms with Gasteiger partial charge in [-0.1, -0.05) is 6.07 Å². The average Bonchev–Trinajstić information content (AvgIpc) is 2.25. The summed E-state index contributed by atoms with van der Waals surface area (Å²) in [4.78, 5) is 4.04. The van der Waals surface area contributed by atoms with Crippen LogP contribution in [-0.4, -0.2) is 30.8 Å². The van der Waals surface area contributed by atoms with Gasteiger partial charge in [0, 0.05) is 25.4 Å². The standard InChI is InChI=1S/C10H16N2O2/c1-2-13-8-9(7-11)14-10-5-3-4-6-12-10/h3-6,9H,2,7-8,11H2,1H3/t9-/m0/s1. The molecule has 4 nitrogen and oxygen atoms in total. The molecule has 1 rings (SSSR count). The molecule has 0 saturated carbocycles. The first kappa shape index (κ1) is 10.9. The molecule has 2 N–H and O–H groups in total.